The molecule has 0 aliphatic heterocycles. The Balaban J connectivity index is 2.39. The molecule has 3 heteroatoms. The van der Waals surface area contributed by atoms with Crippen LogP contribution in [0.5, 0.6) is 0 Å². The maximum Gasteiger partial charge on any atom is 0.310 e. The van der Waals surface area contributed by atoms with Crippen molar-refractivity contribution in [3.8, 4) is 0 Å². The first kappa shape index (κ1) is 10.4. The fourth-order valence-corrected chi connectivity index (χ4v) is 2.29. The van der Waals surface area contributed by atoms with E-state index >= 15 is 0 Å². The SMILES string of the molecule is CC(C(=O)O)C1=CCc2cc(Br)ccc21. The molecular weight excluding hydrogens is 256 g/mol. The Kier molecular flexibility index (Phi) is 2.65. The lowest BCUT2D eigenvalue weighted by Gasteiger charge is -2.10. The summed E-state index contributed by atoms with van der Waals surface area (Å²) in [6, 6.07) is 5.98. The van der Waals surface area contributed by atoms with E-state index in [0.717, 1.165) is 22.0 Å². The van der Waals surface area contributed by atoms with Crippen molar-refractivity contribution in [2.75, 3.05) is 0 Å². The van der Waals surface area contributed by atoms with E-state index in [-0.39, 0.29) is 0 Å². The van der Waals surface area contributed by atoms with Gasteiger partial charge in [0.05, 0.1) is 5.92 Å². The highest BCUT2D eigenvalue weighted by Gasteiger charge is 2.23. The number of aliphatic carboxylic acids is 1. The van der Waals surface area contributed by atoms with E-state index < -0.39 is 11.9 Å². The lowest BCUT2D eigenvalue weighted by Crippen LogP contribution is -2.10. The lowest BCUT2D eigenvalue weighted by atomic mass is 9.96. The van der Waals surface area contributed by atoms with Gasteiger partial charge in [-0.3, -0.25) is 4.79 Å². The summed E-state index contributed by atoms with van der Waals surface area (Å²) in [4.78, 5) is 10.9. The number of halogens is 1. The number of carboxylic acid groups (broad SMARTS) is 1. The number of carbonyl (C=O) groups is 1. The molecule has 1 aromatic rings. The van der Waals surface area contributed by atoms with Gasteiger partial charge in [-0.1, -0.05) is 28.1 Å². The normalized spacial score (nSPS) is 15.7. The maximum absolute atomic E-state index is 10.9. The van der Waals surface area contributed by atoms with Gasteiger partial charge in [0.1, 0.15) is 0 Å². The van der Waals surface area contributed by atoms with Gasteiger partial charge >= 0.3 is 5.97 Å². The highest BCUT2D eigenvalue weighted by Crippen LogP contribution is 2.34. The quantitative estimate of drug-likeness (QED) is 0.893. The van der Waals surface area contributed by atoms with Crippen LogP contribution in [-0.2, 0) is 11.2 Å². The molecule has 2 rings (SSSR count). The predicted octanol–water partition coefficient (Wildman–Crippen LogP) is 3.11. The zero-order valence-electron chi connectivity index (χ0n) is 8.33. The number of hydrogen-bond acceptors (Lipinski definition) is 1. The van der Waals surface area contributed by atoms with E-state index in [4.69, 9.17) is 5.11 Å². The van der Waals surface area contributed by atoms with Crippen molar-refractivity contribution in [3.05, 3.63) is 39.9 Å². The second-order valence-corrected chi connectivity index (χ2v) is 4.64. The Morgan fingerprint density at radius 2 is 2.27 bits per heavy atom. The number of carboxylic acids is 1. The van der Waals surface area contributed by atoms with Crippen LogP contribution in [0.25, 0.3) is 5.57 Å². The lowest BCUT2D eigenvalue weighted by molar-refractivity contribution is -0.139. The summed E-state index contributed by atoms with van der Waals surface area (Å²) in [5.41, 5.74) is 3.21. The van der Waals surface area contributed by atoms with Crippen molar-refractivity contribution >= 4 is 27.5 Å². The van der Waals surface area contributed by atoms with Crippen molar-refractivity contribution in [3.63, 3.8) is 0 Å². The maximum atomic E-state index is 10.9. The zero-order valence-corrected chi connectivity index (χ0v) is 9.91. The third-order valence-corrected chi connectivity index (χ3v) is 3.25. The fraction of sp³-hybridized carbons (Fsp3) is 0.250. The van der Waals surface area contributed by atoms with Crippen molar-refractivity contribution in [2.45, 2.75) is 13.3 Å². The second kappa shape index (κ2) is 3.81. The molecule has 0 heterocycles. The largest absolute Gasteiger partial charge is 0.481 e. The number of rotatable bonds is 2. The molecule has 0 fully saturated rings. The molecule has 15 heavy (non-hydrogen) atoms. The number of allylic oxidation sites excluding steroid dienone is 1. The number of hydrogen-bond donors (Lipinski definition) is 1. The topological polar surface area (TPSA) is 37.3 Å². The van der Waals surface area contributed by atoms with Crippen LogP contribution >= 0.6 is 15.9 Å². The summed E-state index contributed by atoms with van der Waals surface area (Å²) in [5, 5.41) is 8.97. The van der Waals surface area contributed by atoms with E-state index in [1.54, 1.807) is 6.92 Å². The minimum atomic E-state index is -0.767. The first-order chi connectivity index (χ1) is 7.09. The van der Waals surface area contributed by atoms with Gasteiger partial charge in [0.2, 0.25) is 0 Å². The second-order valence-electron chi connectivity index (χ2n) is 3.72. The minimum absolute atomic E-state index is 0.424. The summed E-state index contributed by atoms with van der Waals surface area (Å²) in [5.74, 6) is -1.19. The minimum Gasteiger partial charge on any atom is -0.481 e. The summed E-state index contributed by atoms with van der Waals surface area (Å²) < 4.78 is 1.04. The van der Waals surface area contributed by atoms with Crippen molar-refractivity contribution < 1.29 is 9.90 Å². The molecule has 1 aliphatic carbocycles. The van der Waals surface area contributed by atoms with Crippen molar-refractivity contribution in [2.24, 2.45) is 5.92 Å². The van der Waals surface area contributed by atoms with E-state index in [9.17, 15) is 4.79 Å². The Morgan fingerprint density at radius 3 is 2.93 bits per heavy atom. The van der Waals surface area contributed by atoms with Gasteiger partial charge in [-0.25, -0.2) is 0 Å². The van der Waals surface area contributed by atoms with E-state index in [0.29, 0.717) is 0 Å². The molecule has 1 aromatic carbocycles. The molecule has 1 N–H and O–H groups in total. The van der Waals surface area contributed by atoms with Gasteiger partial charge in [0.15, 0.2) is 0 Å². The van der Waals surface area contributed by atoms with Gasteiger partial charge in [0, 0.05) is 4.47 Å². The Labute approximate surface area is 96.7 Å². The first-order valence-corrected chi connectivity index (χ1v) is 5.60. The summed E-state index contributed by atoms with van der Waals surface area (Å²) in [6.07, 6.45) is 2.84. The van der Waals surface area contributed by atoms with Gasteiger partial charge in [0.25, 0.3) is 0 Å². The molecule has 1 atom stereocenters. The van der Waals surface area contributed by atoms with Crippen LogP contribution in [0.4, 0.5) is 0 Å². The van der Waals surface area contributed by atoms with Crippen LogP contribution in [0, 0.1) is 5.92 Å². The molecule has 0 aromatic heterocycles. The van der Waals surface area contributed by atoms with E-state index in [1.165, 1.54) is 5.56 Å². The molecule has 1 unspecified atom stereocenters. The Bertz CT molecular complexity index is 449. The smallest absolute Gasteiger partial charge is 0.310 e. The average Bonchev–Trinajstić information content (AvgIpc) is 2.59. The summed E-state index contributed by atoms with van der Waals surface area (Å²) in [7, 11) is 0. The monoisotopic (exact) mass is 266 g/mol. The van der Waals surface area contributed by atoms with Crippen LogP contribution in [-0.4, -0.2) is 11.1 Å². The first-order valence-electron chi connectivity index (χ1n) is 4.81. The number of benzene rings is 1. The number of fused-ring (bicyclic) bond motifs is 1. The summed E-state index contributed by atoms with van der Waals surface area (Å²) >= 11 is 3.41. The van der Waals surface area contributed by atoms with Gasteiger partial charge in [-0.05, 0) is 42.2 Å². The van der Waals surface area contributed by atoms with Crippen LogP contribution < -0.4 is 0 Å². The fourth-order valence-electron chi connectivity index (χ4n) is 1.89. The van der Waals surface area contributed by atoms with E-state index in [1.807, 2.05) is 24.3 Å². The van der Waals surface area contributed by atoms with Crippen LogP contribution in [0.2, 0.25) is 0 Å². The summed E-state index contributed by atoms with van der Waals surface area (Å²) in [6.45, 7) is 1.73. The Morgan fingerprint density at radius 1 is 1.53 bits per heavy atom. The third kappa shape index (κ3) is 1.84. The molecule has 78 valence electrons. The third-order valence-electron chi connectivity index (χ3n) is 2.76. The predicted molar refractivity (Wildman–Crippen MR) is 62.6 cm³/mol. The van der Waals surface area contributed by atoms with Crippen molar-refractivity contribution in [1.29, 1.82) is 0 Å². The molecule has 0 saturated carbocycles. The standard InChI is InChI=1S/C12H11BrO2/c1-7(12(14)15)10-4-2-8-6-9(13)3-5-11(8)10/h3-7H,2H2,1H3,(H,14,15). The molecular formula is C12H11BrO2. The molecule has 0 radical (unpaired) electrons. The Hall–Kier alpha value is -1.09. The highest BCUT2D eigenvalue weighted by atomic mass is 79.9. The highest BCUT2D eigenvalue weighted by molar-refractivity contribution is 9.10. The van der Waals surface area contributed by atoms with Crippen LogP contribution in [0.15, 0.2) is 28.7 Å². The molecule has 1 aliphatic rings. The molecule has 0 spiro atoms. The molecule has 2 nitrogen and oxygen atoms in total. The van der Waals surface area contributed by atoms with E-state index in [2.05, 4.69) is 15.9 Å². The van der Waals surface area contributed by atoms with Crippen LogP contribution in [0.1, 0.15) is 18.1 Å². The van der Waals surface area contributed by atoms with Gasteiger partial charge in [-0.2, -0.15) is 0 Å². The average molecular weight is 267 g/mol. The van der Waals surface area contributed by atoms with Gasteiger partial charge in [-0.15, -0.1) is 0 Å². The van der Waals surface area contributed by atoms with Crippen molar-refractivity contribution in [1.82, 2.24) is 0 Å². The molecule has 0 saturated heterocycles. The zero-order chi connectivity index (χ0) is 11.0. The molecule has 0 amide bonds. The van der Waals surface area contributed by atoms with Crippen LogP contribution in [0.3, 0.4) is 0 Å². The van der Waals surface area contributed by atoms with Gasteiger partial charge < -0.3 is 5.11 Å². The molecule has 0 bridgehead atoms.